The minimum atomic E-state index is -3.87. The van der Waals surface area contributed by atoms with Crippen LogP contribution in [0.5, 0.6) is 0 Å². The fraction of sp³-hybridized carbons (Fsp3) is 0.375. The number of non-ortho nitro benzene ring substituents is 1. The Kier molecular flexibility index (Phi) is 6.62. The first-order valence-corrected chi connectivity index (χ1v) is 12.5. The Morgan fingerprint density at radius 2 is 1.76 bits per heavy atom. The second-order valence-corrected chi connectivity index (χ2v) is 10.4. The van der Waals surface area contributed by atoms with Gasteiger partial charge >= 0.3 is 0 Å². The quantitative estimate of drug-likeness (QED) is 0.492. The molecule has 0 N–H and O–H groups in total. The average Bonchev–Trinajstić information content (AvgIpc) is 2.84. The summed E-state index contributed by atoms with van der Waals surface area (Å²) in [6.07, 6.45) is 3.78. The van der Waals surface area contributed by atoms with E-state index in [1.54, 1.807) is 6.92 Å². The number of nitrogens with zero attached hydrogens (tertiary/aromatic N) is 3. The normalized spacial score (nSPS) is 18.1. The highest BCUT2D eigenvalue weighted by molar-refractivity contribution is 7.89. The lowest BCUT2D eigenvalue weighted by molar-refractivity contribution is -0.385. The SMILES string of the molecule is Cc1ccc([N+](=O)[O-])cc1S(=O)(=O)N1CCC(C(=O)N2CC=C(c3ccccc3)CC2)CC1. The topological polar surface area (TPSA) is 101 Å². The molecule has 2 aliphatic rings. The number of piperidine rings is 1. The molecule has 2 heterocycles. The number of aryl methyl sites for hydroxylation is 1. The van der Waals surface area contributed by atoms with Crippen LogP contribution in [0.2, 0.25) is 0 Å². The summed E-state index contributed by atoms with van der Waals surface area (Å²) in [5.74, 6) is -0.142. The molecule has 174 valence electrons. The average molecular weight is 470 g/mol. The number of benzene rings is 2. The first kappa shape index (κ1) is 23.1. The highest BCUT2D eigenvalue weighted by atomic mass is 32.2. The third-order valence-corrected chi connectivity index (χ3v) is 8.51. The molecule has 0 bridgehead atoms. The van der Waals surface area contributed by atoms with Gasteiger partial charge in [-0.15, -0.1) is 0 Å². The summed E-state index contributed by atoms with van der Waals surface area (Å²) in [6.45, 7) is 3.29. The molecule has 0 radical (unpaired) electrons. The predicted molar refractivity (Wildman–Crippen MR) is 125 cm³/mol. The minimum absolute atomic E-state index is 0.0453. The van der Waals surface area contributed by atoms with Crippen molar-refractivity contribution in [1.82, 2.24) is 9.21 Å². The Bertz CT molecular complexity index is 1190. The maximum Gasteiger partial charge on any atom is 0.270 e. The van der Waals surface area contributed by atoms with E-state index in [4.69, 9.17) is 0 Å². The summed E-state index contributed by atoms with van der Waals surface area (Å²) in [6, 6.07) is 14.0. The highest BCUT2D eigenvalue weighted by Crippen LogP contribution is 2.30. The zero-order chi connectivity index (χ0) is 23.6. The number of hydrogen-bond donors (Lipinski definition) is 0. The van der Waals surface area contributed by atoms with Gasteiger partial charge in [0.2, 0.25) is 15.9 Å². The van der Waals surface area contributed by atoms with Gasteiger partial charge in [0.25, 0.3) is 5.69 Å². The fourth-order valence-corrected chi connectivity index (χ4v) is 6.22. The Morgan fingerprint density at radius 1 is 1.06 bits per heavy atom. The summed E-state index contributed by atoms with van der Waals surface area (Å²) in [5, 5.41) is 11.1. The smallest absolute Gasteiger partial charge is 0.270 e. The summed E-state index contributed by atoms with van der Waals surface area (Å²) in [5.41, 5.74) is 2.64. The van der Waals surface area contributed by atoms with E-state index in [2.05, 4.69) is 18.2 Å². The summed E-state index contributed by atoms with van der Waals surface area (Å²) < 4.78 is 27.6. The van der Waals surface area contributed by atoms with Gasteiger partial charge in [-0.3, -0.25) is 14.9 Å². The first-order valence-electron chi connectivity index (χ1n) is 11.1. The largest absolute Gasteiger partial charge is 0.338 e. The van der Waals surface area contributed by atoms with E-state index in [9.17, 15) is 23.3 Å². The van der Waals surface area contributed by atoms with Crippen molar-refractivity contribution in [2.24, 2.45) is 5.92 Å². The van der Waals surface area contributed by atoms with Gasteiger partial charge in [0, 0.05) is 44.2 Å². The van der Waals surface area contributed by atoms with E-state index in [1.807, 2.05) is 23.1 Å². The van der Waals surface area contributed by atoms with Crippen molar-refractivity contribution in [2.45, 2.75) is 31.1 Å². The molecule has 0 unspecified atom stereocenters. The molecule has 0 atom stereocenters. The van der Waals surface area contributed by atoms with E-state index >= 15 is 0 Å². The molecule has 1 saturated heterocycles. The van der Waals surface area contributed by atoms with E-state index < -0.39 is 14.9 Å². The van der Waals surface area contributed by atoms with Crippen LogP contribution in [-0.4, -0.2) is 54.6 Å². The monoisotopic (exact) mass is 469 g/mol. The molecule has 2 aliphatic heterocycles. The summed E-state index contributed by atoms with van der Waals surface area (Å²) in [7, 11) is -3.87. The van der Waals surface area contributed by atoms with Crippen LogP contribution in [0.1, 0.15) is 30.4 Å². The lowest BCUT2D eigenvalue weighted by atomic mass is 9.94. The summed E-state index contributed by atoms with van der Waals surface area (Å²) in [4.78, 5) is 25.3. The van der Waals surface area contributed by atoms with Gasteiger partial charge in [0.15, 0.2) is 0 Å². The number of nitro groups is 1. The predicted octanol–water partition coefficient (Wildman–Crippen LogP) is 3.62. The van der Waals surface area contributed by atoms with Crippen LogP contribution in [0.3, 0.4) is 0 Å². The molecule has 1 fully saturated rings. The van der Waals surface area contributed by atoms with E-state index in [1.165, 1.54) is 27.6 Å². The molecule has 9 heteroatoms. The number of carbonyl (C=O) groups is 1. The van der Waals surface area contributed by atoms with Gasteiger partial charge in [-0.2, -0.15) is 4.31 Å². The molecule has 1 amide bonds. The van der Waals surface area contributed by atoms with Gasteiger partial charge in [0.05, 0.1) is 9.82 Å². The number of nitro benzene ring substituents is 1. The molecule has 0 aromatic heterocycles. The molecule has 33 heavy (non-hydrogen) atoms. The zero-order valence-corrected chi connectivity index (χ0v) is 19.3. The van der Waals surface area contributed by atoms with Crippen LogP contribution in [0, 0.1) is 23.0 Å². The van der Waals surface area contributed by atoms with Gasteiger partial charge in [-0.1, -0.05) is 42.5 Å². The number of sulfonamides is 1. The van der Waals surface area contributed by atoms with Crippen LogP contribution in [-0.2, 0) is 14.8 Å². The lowest BCUT2D eigenvalue weighted by Gasteiger charge is -2.35. The van der Waals surface area contributed by atoms with Crippen molar-refractivity contribution in [3.8, 4) is 0 Å². The highest BCUT2D eigenvalue weighted by Gasteiger charge is 2.35. The molecule has 2 aromatic rings. The van der Waals surface area contributed by atoms with E-state index in [-0.39, 0.29) is 35.5 Å². The second-order valence-electron chi connectivity index (χ2n) is 8.51. The van der Waals surface area contributed by atoms with Crippen LogP contribution < -0.4 is 0 Å². The molecule has 0 spiro atoms. The van der Waals surface area contributed by atoms with Gasteiger partial charge < -0.3 is 4.90 Å². The number of carbonyl (C=O) groups excluding carboxylic acids is 1. The van der Waals surface area contributed by atoms with Crippen LogP contribution in [0.15, 0.2) is 59.5 Å². The Morgan fingerprint density at radius 3 is 2.36 bits per heavy atom. The Balaban J connectivity index is 1.39. The van der Waals surface area contributed by atoms with Crippen molar-refractivity contribution < 1.29 is 18.1 Å². The Labute approximate surface area is 193 Å². The van der Waals surface area contributed by atoms with Crippen molar-refractivity contribution in [2.75, 3.05) is 26.2 Å². The summed E-state index contributed by atoms with van der Waals surface area (Å²) >= 11 is 0. The molecular weight excluding hydrogens is 442 g/mol. The van der Waals surface area contributed by atoms with Crippen LogP contribution in [0.25, 0.3) is 5.57 Å². The number of hydrogen-bond acceptors (Lipinski definition) is 5. The van der Waals surface area contributed by atoms with Gasteiger partial charge in [0.1, 0.15) is 0 Å². The standard InChI is InChI=1S/C24H27N3O5S/c1-18-7-8-22(27(29)30)17-23(18)33(31,32)26-15-11-21(12-16-26)24(28)25-13-9-20(10-14-25)19-5-3-2-4-6-19/h2-9,17,21H,10-16H2,1H3. The van der Waals surface area contributed by atoms with Crippen molar-refractivity contribution in [3.63, 3.8) is 0 Å². The maximum atomic E-state index is 13.1. The molecular formula is C24H27N3O5S. The number of rotatable bonds is 5. The van der Waals surface area contributed by atoms with E-state index in [0.717, 1.165) is 12.5 Å². The van der Waals surface area contributed by atoms with Crippen molar-refractivity contribution in [1.29, 1.82) is 0 Å². The van der Waals surface area contributed by atoms with Gasteiger partial charge in [-0.05, 0) is 42.9 Å². The maximum absolute atomic E-state index is 13.1. The molecule has 0 saturated carbocycles. The Hall–Kier alpha value is -3.04. The zero-order valence-electron chi connectivity index (χ0n) is 18.5. The van der Waals surface area contributed by atoms with Crippen LogP contribution >= 0.6 is 0 Å². The van der Waals surface area contributed by atoms with Crippen molar-refractivity contribution in [3.05, 3.63) is 75.8 Å². The second kappa shape index (κ2) is 9.44. The number of amides is 1. The molecule has 4 rings (SSSR count). The minimum Gasteiger partial charge on any atom is -0.338 e. The molecule has 2 aromatic carbocycles. The third kappa shape index (κ3) is 4.84. The fourth-order valence-electron chi connectivity index (χ4n) is 4.50. The van der Waals surface area contributed by atoms with E-state index in [0.29, 0.717) is 31.5 Å². The lowest BCUT2D eigenvalue weighted by Crippen LogP contribution is -2.45. The molecule has 8 nitrogen and oxygen atoms in total. The van der Waals surface area contributed by atoms with Gasteiger partial charge in [-0.25, -0.2) is 8.42 Å². The third-order valence-electron chi connectivity index (χ3n) is 6.47. The van der Waals surface area contributed by atoms with Crippen LogP contribution in [0.4, 0.5) is 5.69 Å². The first-order chi connectivity index (χ1) is 15.8. The van der Waals surface area contributed by atoms with Crippen molar-refractivity contribution >= 4 is 27.2 Å². The molecule has 0 aliphatic carbocycles.